The first-order valence-corrected chi connectivity index (χ1v) is 9.70. The Morgan fingerprint density at radius 2 is 1.77 bits per heavy atom. The number of rotatable bonds is 4. The number of nitrogens with zero attached hydrogens (tertiary/aromatic N) is 3. The molecule has 0 saturated carbocycles. The van der Waals surface area contributed by atoms with Crippen LogP contribution in [0.3, 0.4) is 0 Å². The van der Waals surface area contributed by atoms with Gasteiger partial charge in [-0.25, -0.2) is 8.42 Å². The van der Waals surface area contributed by atoms with E-state index in [2.05, 4.69) is 10.2 Å². The molecule has 8 heteroatoms. The smallest absolute Gasteiger partial charge is 0.336 e. The molecule has 132 valence electrons. The molecule has 3 aromatic rings. The lowest BCUT2D eigenvalue weighted by molar-refractivity contribution is -0.116. The van der Waals surface area contributed by atoms with Crippen LogP contribution < -0.4 is 4.90 Å². The Kier molecular flexibility index (Phi) is 4.04. The highest BCUT2D eigenvalue weighted by Gasteiger charge is 2.31. The summed E-state index contributed by atoms with van der Waals surface area (Å²) in [6, 6.07) is 16.3. The molecular formula is C18H15N3O4S. The van der Waals surface area contributed by atoms with E-state index in [1.807, 2.05) is 30.3 Å². The van der Waals surface area contributed by atoms with Gasteiger partial charge in [0.1, 0.15) is 5.75 Å². The SMILES string of the molecule is O=C(CS(=O)(=O)c1nnc(-c2ccccc2)o1)N1CCc2ccccc21. The van der Waals surface area contributed by atoms with Crippen LogP contribution in [0.25, 0.3) is 11.5 Å². The van der Waals surface area contributed by atoms with E-state index in [0.29, 0.717) is 18.5 Å². The maximum Gasteiger partial charge on any atom is 0.336 e. The van der Waals surface area contributed by atoms with Gasteiger partial charge in [0.25, 0.3) is 0 Å². The topological polar surface area (TPSA) is 93.4 Å². The monoisotopic (exact) mass is 369 g/mol. The van der Waals surface area contributed by atoms with Crippen LogP contribution in [0.4, 0.5) is 5.69 Å². The third-order valence-electron chi connectivity index (χ3n) is 4.19. The van der Waals surface area contributed by atoms with E-state index in [1.54, 1.807) is 24.3 Å². The molecule has 0 spiro atoms. The lowest BCUT2D eigenvalue weighted by Gasteiger charge is -2.16. The molecule has 2 aromatic carbocycles. The van der Waals surface area contributed by atoms with Crippen LogP contribution >= 0.6 is 0 Å². The molecule has 2 heterocycles. The van der Waals surface area contributed by atoms with Crippen molar-refractivity contribution in [3.8, 4) is 11.5 Å². The maximum absolute atomic E-state index is 12.5. The summed E-state index contributed by atoms with van der Waals surface area (Å²) in [6.45, 7) is 0.465. The van der Waals surface area contributed by atoms with E-state index in [4.69, 9.17) is 4.42 Å². The Balaban J connectivity index is 1.55. The number of para-hydroxylation sites is 1. The summed E-state index contributed by atoms with van der Waals surface area (Å²) in [7, 11) is -4.02. The van der Waals surface area contributed by atoms with Gasteiger partial charge >= 0.3 is 5.22 Å². The van der Waals surface area contributed by atoms with E-state index in [9.17, 15) is 13.2 Å². The molecule has 1 aromatic heterocycles. The number of hydrogen-bond acceptors (Lipinski definition) is 6. The number of aromatic nitrogens is 2. The Morgan fingerprint density at radius 1 is 1.04 bits per heavy atom. The van der Waals surface area contributed by atoms with Crippen molar-refractivity contribution >= 4 is 21.4 Å². The van der Waals surface area contributed by atoms with Gasteiger partial charge in [0, 0.05) is 17.8 Å². The highest BCUT2D eigenvalue weighted by atomic mass is 32.2. The van der Waals surface area contributed by atoms with Gasteiger partial charge in [0.15, 0.2) is 0 Å². The summed E-state index contributed by atoms with van der Waals surface area (Å²) >= 11 is 0. The van der Waals surface area contributed by atoms with Gasteiger partial charge in [-0.15, -0.1) is 5.10 Å². The zero-order valence-corrected chi connectivity index (χ0v) is 14.5. The van der Waals surface area contributed by atoms with Crippen molar-refractivity contribution in [1.29, 1.82) is 0 Å². The Labute approximate surface area is 150 Å². The zero-order chi connectivity index (χ0) is 18.1. The molecular weight excluding hydrogens is 354 g/mol. The first kappa shape index (κ1) is 16.5. The number of amides is 1. The van der Waals surface area contributed by atoms with Crippen molar-refractivity contribution in [1.82, 2.24) is 10.2 Å². The molecule has 0 fully saturated rings. The molecule has 1 aliphatic heterocycles. The van der Waals surface area contributed by atoms with E-state index in [0.717, 1.165) is 11.3 Å². The lowest BCUT2D eigenvalue weighted by Crippen LogP contribution is -2.34. The van der Waals surface area contributed by atoms with Gasteiger partial charge in [-0.1, -0.05) is 41.5 Å². The van der Waals surface area contributed by atoms with Crippen LogP contribution in [-0.2, 0) is 21.1 Å². The Morgan fingerprint density at radius 3 is 2.58 bits per heavy atom. The molecule has 0 radical (unpaired) electrons. The molecule has 0 N–H and O–H groups in total. The third-order valence-corrected chi connectivity index (χ3v) is 5.52. The van der Waals surface area contributed by atoms with Crippen LogP contribution in [0.1, 0.15) is 5.56 Å². The average Bonchev–Trinajstić information content (AvgIpc) is 3.30. The van der Waals surface area contributed by atoms with Crippen molar-refractivity contribution in [3.63, 3.8) is 0 Å². The predicted octanol–water partition coefficient (Wildman–Crippen LogP) is 2.10. The fourth-order valence-electron chi connectivity index (χ4n) is 2.93. The van der Waals surface area contributed by atoms with Crippen molar-refractivity contribution in [2.24, 2.45) is 0 Å². The van der Waals surface area contributed by atoms with E-state index in [1.165, 1.54) is 4.90 Å². The van der Waals surface area contributed by atoms with Crippen molar-refractivity contribution in [2.45, 2.75) is 11.6 Å². The number of carbonyl (C=O) groups excluding carboxylic acids is 1. The van der Waals surface area contributed by atoms with Crippen molar-refractivity contribution in [2.75, 3.05) is 17.2 Å². The standard InChI is InChI=1S/C18H15N3O4S/c22-16(21-11-10-13-6-4-5-9-15(13)21)12-26(23,24)18-20-19-17(25-18)14-7-2-1-3-8-14/h1-9H,10-12H2. The maximum atomic E-state index is 12.5. The number of benzene rings is 2. The van der Waals surface area contributed by atoms with Crippen LogP contribution in [0.15, 0.2) is 64.2 Å². The minimum Gasteiger partial charge on any atom is -0.408 e. The van der Waals surface area contributed by atoms with Gasteiger partial charge in [-0.2, -0.15) is 0 Å². The number of sulfone groups is 1. The van der Waals surface area contributed by atoms with Crippen LogP contribution in [-0.4, -0.2) is 36.8 Å². The molecule has 4 rings (SSSR count). The summed E-state index contributed by atoms with van der Waals surface area (Å²) in [6.07, 6.45) is 0.709. The molecule has 0 bridgehead atoms. The number of carbonyl (C=O) groups is 1. The van der Waals surface area contributed by atoms with E-state index < -0.39 is 26.7 Å². The predicted molar refractivity (Wildman–Crippen MR) is 94.3 cm³/mol. The minimum absolute atomic E-state index is 0.100. The fourth-order valence-corrected chi connectivity index (χ4v) is 3.91. The molecule has 26 heavy (non-hydrogen) atoms. The highest BCUT2D eigenvalue weighted by molar-refractivity contribution is 7.91. The first-order valence-electron chi connectivity index (χ1n) is 8.04. The van der Waals surface area contributed by atoms with Crippen LogP contribution in [0.2, 0.25) is 0 Å². The number of anilines is 1. The molecule has 7 nitrogen and oxygen atoms in total. The zero-order valence-electron chi connectivity index (χ0n) is 13.7. The summed E-state index contributed by atoms with van der Waals surface area (Å²) in [5, 5.41) is 6.84. The molecule has 0 aliphatic carbocycles. The van der Waals surface area contributed by atoms with Crippen LogP contribution in [0.5, 0.6) is 0 Å². The van der Waals surface area contributed by atoms with Gasteiger partial charge in [-0.05, 0) is 30.2 Å². The third kappa shape index (κ3) is 2.99. The Hall–Kier alpha value is -3.00. The minimum atomic E-state index is -4.02. The molecule has 1 aliphatic rings. The number of fused-ring (bicyclic) bond motifs is 1. The second kappa shape index (κ2) is 6.38. The second-order valence-electron chi connectivity index (χ2n) is 5.92. The van der Waals surface area contributed by atoms with E-state index >= 15 is 0 Å². The van der Waals surface area contributed by atoms with Crippen molar-refractivity contribution < 1.29 is 17.6 Å². The molecule has 0 unspecified atom stereocenters. The first-order chi connectivity index (χ1) is 12.5. The molecule has 0 saturated heterocycles. The van der Waals surface area contributed by atoms with Crippen molar-refractivity contribution in [3.05, 3.63) is 60.2 Å². The Bertz CT molecular complexity index is 1060. The summed E-state index contributed by atoms with van der Waals surface area (Å²) in [5.41, 5.74) is 2.40. The number of hydrogen-bond donors (Lipinski definition) is 0. The quantitative estimate of drug-likeness (QED) is 0.699. The second-order valence-corrected chi connectivity index (χ2v) is 7.79. The van der Waals surface area contributed by atoms with Crippen LogP contribution in [0, 0.1) is 0 Å². The normalized spacial score (nSPS) is 13.6. The molecule has 1 amide bonds. The molecule has 0 atom stereocenters. The average molecular weight is 369 g/mol. The van der Waals surface area contributed by atoms with Gasteiger partial charge in [0.05, 0.1) is 0 Å². The fraction of sp³-hybridized carbons (Fsp3) is 0.167. The highest BCUT2D eigenvalue weighted by Crippen LogP contribution is 2.28. The van der Waals surface area contributed by atoms with E-state index in [-0.39, 0.29) is 5.89 Å². The summed E-state index contributed by atoms with van der Waals surface area (Å²) in [4.78, 5) is 14.0. The summed E-state index contributed by atoms with van der Waals surface area (Å²) in [5.74, 6) is -1.12. The summed E-state index contributed by atoms with van der Waals surface area (Å²) < 4.78 is 30.3. The van der Waals surface area contributed by atoms with Gasteiger partial charge < -0.3 is 9.32 Å². The van der Waals surface area contributed by atoms with Gasteiger partial charge in [0.2, 0.25) is 21.6 Å². The van der Waals surface area contributed by atoms with Gasteiger partial charge in [-0.3, -0.25) is 4.79 Å². The largest absolute Gasteiger partial charge is 0.408 e. The lowest BCUT2D eigenvalue weighted by atomic mass is 10.2.